The molecule has 2 aromatic heterocycles. The highest BCUT2D eigenvalue weighted by Crippen LogP contribution is 2.12. The monoisotopic (exact) mass is 365 g/mol. The van der Waals surface area contributed by atoms with Crippen LogP contribution in [0.2, 0.25) is 0 Å². The van der Waals surface area contributed by atoms with E-state index in [4.69, 9.17) is 4.74 Å². The quantitative estimate of drug-likeness (QED) is 0.600. The topological polar surface area (TPSA) is 81.1 Å². The van der Waals surface area contributed by atoms with Gasteiger partial charge in [-0.05, 0) is 38.1 Å². The van der Waals surface area contributed by atoms with Gasteiger partial charge in [0.25, 0.3) is 5.91 Å². The van der Waals surface area contributed by atoms with Gasteiger partial charge in [0.05, 0.1) is 0 Å². The molecule has 0 bridgehead atoms. The molecule has 0 spiro atoms. The van der Waals surface area contributed by atoms with Crippen LogP contribution in [0, 0.1) is 13.8 Å². The minimum atomic E-state index is -0.163. The number of carbonyl (C=O) groups is 1. The molecule has 2 N–H and O–H groups in total. The van der Waals surface area contributed by atoms with Crippen LogP contribution < -0.4 is 15.4 Å². The van der Waals surface area contributed by atoms with Crippen LogP contribution in [0.25, 0.3) is 5.82 Å². The minimum absolute atomic E-state index is 0.00649. The van der Waals surface area contributed by atoms with Crippen LogP contribution in [0.5, 0.6) is 5.75 Å². The molecule has 27 heavy (non-hydrogen) atoms. The lowest BCUT2D eigenvalue weighted by Crippen LogP contribution is -2.32. The molecule has 2 heterocycles. The third-order valence-electron chi connectivity index (χ3n) is 3.84. The Hall–Kier alpha value is -3.35. The number of nitrogens with one attached hydrogen (secondary N) is 2. The summed E-state index contributed by atoms with van der Waals surface area (Å²) in [5.41, 5.74) is 1.15. The first-order valence-electron chi connectivity index (χ1n) is 8.79. The minimum Gasteiger partial charge on any atom is -0.484 e. The highest BCUT2D eigenvalue weighted by atomic mass is 16.5. The second-order valence-corrected chi connectivity index (χ2v) is 6.13. The Kier molecular flexibility index (Phi) is 6.04. The number of rotatable bonds is 8. The summed E-state index contributed by atoms with van der Waals surface area (Å²) in [4.78, 5) is 20.7. The van der Waals surface area contributed by atoms with Crippen molar-refractivity contribution in [1.29, 1.82) is 0 Å². The predicted octanol–water partition coefficient (Wildman–Crippen LogP) is 2.49. The van der Waals surface area contributed by atoms with Crippen molar-refractivity contribution in [3.8, 4) is 11.6 Å². The van der Waals surface area contributed by atoms with Crippen LogP contribution in [-0.4, -0.2) is 40.1 Å². The summed E-state index contributed by atoms with van der Waals surface area (Å²) < 4.78 is 7.38. The van der Waals surface area contributed by atoms with E-state index in [1.54, 1.807) is 0 Å². The van der Waals surface area contributed by atoms with E-state index in [0.717, 1.165) is 17.2 Å². The molecule has 0 fully saturated rings. The fourth-order valence-corrected chi connectivity index (χ4v) is 2.49. The number of hydrogen-bond donors (Lipinski definition) is 2. The number of aryl methyl sites for hydroxylation is 2. The normalized spacial score (nSPS) is 10.4. The maximum absolute atomic E-state index is 11.9. The summed E-state index contributed by atoms with van der Waals surface area (Å²) in [6.07, 6.45) is 3.86. The van der Waals surface area contributed by atoms with Crippen molar-refractivity contribution >= 4 is 11.7 Å². The molecule has 0 radical (unpaired) electrons. The summed E-state index contributed by atoms with van der Waals surface area (Å²) in [6, 6.07) is 13.4. The molecule has 0 saturated heterocycles. The Morgan fingerprint density at radius 2 is 1.81 bits per heavy atom. The van der Waals surface area contributed by atoms with Crippen molar-refractivity contribution in [3.05, 3.63) is 66.2 Å². The average molecular weight is 365 g/mol. The molecule has 1 amide bonds. The number of nitrogens with zero attached hydrogens (tertiary/aromatic N) is 3. The number of ether oxygens (including phenoxy) is 1. The number of benzene rings is 1. The standard InChI is InChI=1S/C20H23N5O2/c1-15-5-7-17(8-6-15)27-14-20(26)22-10-9-21-18-13-19(24-16(2)23-18)25-11-3-4-12-25/h3-8,11-13H,9-10,14H2,1-2H3,(H,22,26)(H,21,23,24). The average Bonchev–Trinajstić information content (AvgIpc) is 3.19. The van der Waals surface area contributed by atoms with Gasteiger partial charge in [-0.15, -0.1) is 0 Å². The van der Waals surface area contributed by atoms with Gasteiger partial charge in [0.15, 0.2) is 6.61 Å². The molecule has 0 atom stereocenters. The molecule has 0 unspecified atom stereocenters. The summed E-state index contributed by atoms with van der Waals surface area (Å²) >= 11 is 0. The van der Waals surface area contributed by atoms with Crippen molar-refractivity contribution in [2.45, 2.75) is 13.8 Å². The van der Waals surface area contributed by atoms with E-state index in [1.807, 2.05) is 73.3 Å². The van der Waals surface area contributed by atoms with Crippen molar-refractivity contribution in [3.63, 3.8) is 0 Å². The zero-order valence-corrected chi connectivity index (χ0v) is 15.5. The highest BCUT2D eigenvalue weighted by Gasteiger charge is 2.05. The van der Waals surface area contributed by atoms with Crippen LogP contribution in [0.15, 0.2) is 54.9 Å². The first kappa shape index (κ1) is 18.4. The van der Waals surface area contributed by atoms with Gasteiger partial charge < -0.3 is 19.9 Å². The van der Waals surface area contributed by atoms with Gasteiger partial charge in [0.2, 0.25) is 0 Å². The van der Waals surface area contributed by atoms with E-state index in [0.29, 0.717) is 24.7 Å². The van der Waals surface area contributed by atoms with Gasteiger partial charge in [-0.1, -0.05) is 17.7 Å². The number of amides is 1. The molecule has 7 nitrogen and oxygen atoms in total. The van der Waals surface area contributed by atoms with Gasteiger partial charge in [-0.2, -0.15) is 0 Å². The summed E-state index contributed by atoms with van der Waals surface area (Å²) in [6.45, 7) is 4.87. The fourth-order valence-electron chi connectivity index (χ4n) is 2.49. The Balaban J connectivity index is 1.42. The van der Waals surface area contributed by atoms with Crippen LogP contribution in [0.1, 0.15) is 11.4 Å². The molecular weight excluding hydrogens is 342 g/mol. The number of aromatic nitrogens is 3. The van der Waals surface area contributed by atoms with E-state index in [9.17, 15) is 4.79 Å². The largest absolute Gasteiger partial charge is 0.484 e. The zero-order valence-electron chi connectivity index (χ0n) is 15.5. The lowest BCUT2D eigenvalue weighted by Gasteiger charge is -2.10. The second kappa shape index (κ2) is 8.84. The van der Waals surface area contributed by atoms with E-state index in [1.165, 1.54) is 0 Å². The van der Waals surface area contributed by atoms with Crippen molar-refractivity contribution in [2.75, 3.05) is 25.0 Å². The SMILES string of the molecule is Cc1ccc(OCC(=O)NCCNc2cc(-n3cccc3)nc(C)n2)cc1. The van der Waals surface area contributed by atoms with Crippen LogP contribution in [0.3, 0.4) is 0 Å². The first-order valence-corrected chi connectivity index (χ1v) is 8.79. The van der Waals surface area contributed by atoms with Gasteiger partial charge >= 0.3 is 0 Å². The lowest BCUT2D eigenvalue weighted by molar-refractivity contribution is -0.123. The Morgan fingerprint density at radius 1 is 1.07 bits per heavy atom. The molecule has 0 aliphatic heterocycles. The van der Waals surface area contributed by atoms with Gasteiger partial charge in [0.1, 0.15) is 23.2 Å². The third kappa shape index (κ3) is 5.57. The first-order chi connectivity index (χ1) is 13.1. The summed E-state index contributed by atoms with van der Waals surface area (Å²) in [5, 5.41) is 6.02. The molecule has 7 heteroatoms. The molecule has 0 saturated carbocycles. The highest BCUT2D eigenvalue weighted by molar-refractivity contribution is 5.77. The zero-order chi connectivity index (χ0) is 19.1. The van der Waals surface area contributed by atoms with Gasteiger partial charge in [-0.3, -0.25) is 4.79 Å². The smallest absolute Gasteiger partial charge is 0.258 e. The Morgan fingerprint density at radius 3 is 2.56 bits per heavy atom. The van der Waals surface area contributed by atoms with Crippen LogP contribution >= 0.6 is 0 Å². The second-order valence-electron chi connectivity index (χ2n) is 6.13. The maximum atomic E-state index is 11.9. The summed E-state index contributed by atoms with van der Waals surface area (Å²) in [5.74, 6) is 2.72. The van der Waals surface area contributed by atoms with Crippen molar-refractivity contribution in [2.24, 2.45) is 0 Å². The Bertz CT molecular complexity index is 876. The molecule has 1 aromatic carbocycles. The molecule has 0 aliphatic carbocycles. The predicted molar refractivity (Wildman–Crippen MR) is 104 cm³/mol. The van der Waals surface area contributed by atoms with Crippen LogP contribution in [-0.2, 0) is 4.79 Å². The van der Waals surface area contributed by atoms with E-state index < -0.39 is 0 Å². The van der Waals surface area contributed by atoms with Crippen molar-refractivity contribution < 1.29 is 9.53 Å². The van der Waals surface area contributed by atoms with Gasteiger partial charge in [0, 0.05) is 31.5 Å². The number of carbonyl (C=O) groups excluding carboxylic acids is 1. The van der Waals surface area contributed by atoms with E-state index in [-0.39, 0.29) is 12.5 Å². The van der Waals surface area contributed by atoms with Gasteiger partial charge in [-0.25, -0.2) is 9.97 Å². The molecule has 140 valence electrons. The lowest BCUT2D eigenvalue weighted by atomic mass is 10.2. The third-order valence-corrected chi connectivity index (χ3v) is 3.84. The summed E-state index contributed by atoms with van der Waals surface area (Å²) in [7, 11) is 0. The fraction of sp³-hybridized carbons (Fsp3) is 0.250. The maximum Gasteiger partial charge on any atom is 0.258 e. The van der Waals surface area contributed by atoms with Crippen LogP contribution in [0.4, 0.5) is 5.82 Å². The number of hydrogen-bond acceptors (Lipinski definition) is 5. The molecule has 0 aliphatic rings. The number of anilines is 1. The molecular formula is C20H23N5O2. The Labute approximate surface area is 158 Å². The van der Waals surface area contributed by atoms with E-state index >= 15 is 0 Å². The molecule has 3 aromatic rings. The molecule has 3 rings (SSSR count). The van der Waals surface area contributed by atoms with Crippen molar-refractivity contribution in [1.82, 2.24) is 19.9 Å². The van der Waals surface area contributed by atoms with E-state index in [2.05, 4.69) is 20.6 Å².